The van der Waals surface area contributed by atoms with E-state index in [1.165, 1.54) is 25.6 Å². The molecular formula is C16H25N2O3+. The van der Waals surface area contributed by atoms with Gasteiger partial charge in [0.25, 0.3) is 0 Å². The van der Waals surface area contributed by atoms with Gasteiger partial charge in [-0.15, -0.1) is 0 Å². The molecule has 1 aliphatic rings. The lowest BCUT2D eigenvalue weighted by atomic mass is 9.92. The summed E-state index contributed by atoms with van der Waals surface area (Å²) >= 11 is 0. The van der Waals surface area contributed by atoms with E-state index in [0.717, 1.165) is 24.8 Å². The molecule has 21 heavy (non-hydrogen) atoms. The lowest BCUT2D eigenvalue weighted by molar-refractivity contribution is -0.912. The maximum atomic E-state index is 10.9. The summed E-state index contributed by atoms with van der Waals surface area (Å²) in [6.07, 6.45) is 2.26. The quantitative estimate of drug-likeness (QED) is 0.495. The van der Waals surface area contributed by atoms with Crippen molar-refractivity contribution >= 4 is 5.69 Å². The van der Waals surface area contributed by atoms with Gasteiger partial charge in [0.2, 0.25) is 0 Å². The van der Waals surface area contributed by atoms with Crippen molar-refractivity contribution in [3.63, 3.8) is 0 Å². The van der Waals surface area contributed by atoms with Crippen molar-refractivity contribution in [1.29, 1.82) is 0 Å². The van der Waals surface area contributed by atoms with Gasteiger partial charge >= 0.3 is 5.69 Å². The van der Waals surface area contributed by atoms with Crippen LogP contribution in [0, 0.1) is 22.0 Å². The number of piperidine rings is 1. The van der Waals surface area contributed by atoms with Crippen LogP contribution in [-0.4, -0.2) is 31.2 Å². The van der Waals surface area contributed by atoms with Crippen molar-refractivity contribution in [1.82, 2.24) is 0 Å². The molecule has 5 heteroatoms. The molecule has 0 bridgehead atoms. The zero-order chi connectivity index (χ0) is 15.2. The Balaban J connectivity index is 1.76. The third-order valence-electron chi connectivity index (χ3n) is 4.07. The minimum atomic E-state index is -0.394. The minimum Gasteiger partial charge on any atom is -0.487 e. The Bertz CT molecular complexity index is 468. The molecule has 1 heterocycles. The monoisotopic (exact) mass is 293 g/mol. The summed E-state index contributed by atoms with van der Waals surface area (Å²) in [6.45, 7) is 8.72. The molecule has 0 radical (unpaired) electrons. The number of hydrogen-bond donors (Lipinski definition) is 1. The van der Waals surface area contributed by atoms with Gasteiger partial charge in [-0.2, -0.15) is 0 Å². The van der Waals surface area contributed by atoms with Crippen LogP contribution in [0.15, 0.2) is 24.3 Å². The molecule has 1 fully saturated rings. The molecule has 2 rings (SSSR count). The zero-order valence-corrected chi connectivity index (χ0v) is 12.9. The maximum Gasteiger partial charge on any atom is 0.310 e. The number of quaternary nitrogens is 1. The fourth-order valence-corrected chi connectivity index (χ4v) is 3.36. The molecule has 1 N–H and O–H groups in total. The van der Waals surface area contributed by atoms with Crippen molar-refractivity contribution in [2.45, 2.75) is 26.7 Å². The number of hydrogen-bond acceptors (Lipinski definition) is 3. The Labute approximate surface area is 126 Å². The first-order valence-corrected chi connectivity index (χ1v) is 7.76. The lowest BCUT2D eigenvalue weighted by Gasteiger charge is -2.31. The Hall–Kier alpha value is -1.62. The van der Waals surface area contributed by atoms with Gasteiger partial charge in [-0.05, 0) is 12.5 Å². The van der Waals surface area contributed by atoms with E-state index in [1.54, 1.807) is 23.1 Å². The van der Waals surface area contributed by atoms with Crippen molar-refractivity contribution in [2.75, 3.05) is 26.2 Å². The van der Waals surface area contributed by atoms with E-state index >= 15 is 0 Å². The van der Waals surface area contributed by atoms with Gasteiger partial charge in [-0.1, -0.05) is 26.0 Å². The normalized spacial score (nSPS) is 25.5. The van der Waals surface area contributed by atoms with Crippen LogP contribution in [0.5, 0.6) is 5.75 Å². The third kappa shape index (κ3) is 4.70. The van der Waals surface area contributed by atoms with Gasteiger partial charge in [0.1, 0.15) is 0 Å². The van der Waals surface area contributed by atoms with Gasteiger partial charge < -0.3 is 9.64 Å². The van der Waals surface area contributed by atoms with Crippen molar-refractivity contribution in [3.8, 4) is 5.75 Å². The van der Waals surface area contributed by atoms with E-state index < -0.39 is 4.92 Å². The molecule has 0 aromatic heterocycles. The van der Waals surface area contributed by atoms with Gasteiger partial charge in [0, 0.05) is 24.3 Å². The minimum absolute atomic E-state index is 0.0464. The molecule has 0 aliphatic carbocycles. The van der Waals surface area contributed by atoms with E-state index in [2.05, 4.69) is 13.8 Å². The van der Waals surface area contributed by atoms with E-state index in [1.807, 2.05) is 0 Å². The molecule has 0 amide bonds. The molecule has 1 aromatic carbocycles. The number of nitrogens with one attached hydrogen (secondary N) is 1. The van der Waals surface area contributed by atoms with Crippen molar-refractivity contribution < 1.29 is 14.6 Å². The van der Waals surface area contributed by atoms with Crippen LogP contribution in [0.3, 0.4) is 0 Å². The van der Waals surface area contributed by atoms with Crippen molar-refractivity contribution in [3.05, 3.63) is 34.4 Å². The summed E-state index contributed by atoms with van der Waals surface area (Å²) in [5, 5.41) is 10.9. The average molecular weight is 293 g/mol. The standard InChI is InChI=1S/C16H24N2O3/c1-13-10-14(2)12-17(11-13)8-5-9-21-16-7-4-3-6-15(16)18(19)20/h3-4,6-7,13-14H,5,8-12H2,1-2H3/p+1/t13-,14+. The summed E-state index contributed by atoms with van der Waals surface area (Å²) in [6, 6.07) is 6.57. The first-order chi connectivity index (χ1) is 10.1. The summed E-state index contributed by atoms with van der Waals surface area (Å²) in [5.74, 6) is 1.96. The largest absolute Gasteiger partial charge is 0.487 e. The Morgan fingerprint density at radius 3 is 2.62 bits per heavy atom. The van der Waals surface area contributed by atoms with Crippen LogP contribution in [0.1, 0.15) is 26.7 Å². The Kier molecular flexibility index (Phi) is 5.56. The van der Waals surface area contributed by atoms with E-state index in [0.29, 0.717) is 12.4 Å². The molecule has 1 saturated heterocycles. The number of nitro benzene ring substituents is 1. The predicted molar refractivity (Wildman–Crippen MR) is 81.7 cm³/mol. The highest BCUT2D eigenvalue weighted by molar-refractivity contribution is 5.45. The van der Waals surface area contributed by atoms with Crippen molar-refractivity contribution in [2.24, 2.45) is 11.8 Å². The lowest BCUT2D eigenvalue weighted by Crippen LogP contribution is -3.14. The molecular weight excluding hydrogens is 268 g/mol. The smallest absolute Gasteiger partial charge is 0.310 e. The van der Waals surface area contributed by atoms with Gasteiger partial charge in [-0.25, -0.2) is 0 Å². The molecule has 0 saturated carbocycles. The highest BCUT2D eigenvalue weighted by Gasteiger charge is 2.24. The molecule has 1 aliphatic heterocycles. The second-order valence-electron chi connectivity index (χ2n) is 6.28. The number of benzene rings is 1. The third-order valence-corrected chi connectivity index (χ3v) is 4.07. The number of nitrogens with zero attached hydrogens (tertiary/aromatic N) is 1. The fraction of sp³-hybridized carbons (Fsp3) is 0.625. The highest BCUT2D eigenvalue weighted by atomic mass is 16.6. The highest BCUT2D eigenvalue weighted by Crippen LogP contribution is 2.25. The van der Waals surface area contributed by atoms with Crippen LogP contribution in [0.2, 0.25) is 0 Å². The fourth-order valence-electron chi connectivity index (χ4n) is 3.36. The molecule has 1 aromatic rings. The van der Waals surface area contributed by atoms with E-state index in [-0.39, 0.29) is 5.69 Å². The summed E-state index contributed by atoms with van der Waals surface area (Å²) in [7, 11) is 0. The number of rotatable bonds is 6. The van der Waals surface area contributed by atoms with Gasteiger partial charge in [0.05, 0.1) is 31.2 Å². The van der Waals surface area contributed by atoms with E-state index in [9.17, 15) is 10.1 Å². The van der Waals surface area contributed by atoms with Gasteiger partial charge in [0.15, 0.2) is 5.75 Å². The van der Waals surface area contributed by atoms with Crippen LogP contribution in [0.4, 0.5) is 5.69 Å². The number of nitro groups is 1. The molecule has 0 spiro atoms. The van der Waals surface area contributed by atoms with Crippen LogP contribution in [0.25, 0.3) is 0 Å². The van der Waals surface area contributed by atoms with E-state index in [4.69, 9.17) is 4.74 Å². The number of likely N-dealkylation sites (tertiary alicyclic amines) is 1. The molecule has 5 nitrogen and oxygen atoms in total. The van der Waals surface area contributed by atoms with Crippen LogP contribution >= 0.6 is 0 Å². The first-order valence-electron chi connectivity index (χ1n) is 7.76. The summed E-state index contributed by atoms with van der Waals surface area (Å²) < 4.78 is 5.59. The average Bonchev–Trinajstić information content (AvgIpc) is 2.43. The maximum absolute atomic E-state index is 10.9. The van der Waals surface area contributed by atoms with Gasteiger partial charge in [-0.3, -0.25) is 10.1 Å². The number of para-hydroxylation sites is 2. The Morgan fingerprint density at radius 2 is 1.95 bits per heavy atom. The molecule has 116 valence electrons. The molecule has 1 unspecified atom stereocenters. The topological polar surface area (TPSA) is 56.8 Å². The number of ether oxygens (including phenoxy) is 1. The first kappa shape index (κ1) is 15.8. The van der Waals surface area contributed by atoms with Crippen LogP contribution < -0.4 is 9.64 Å². The van der Waals surface area contributed by atoms with Crippen LogP contribution in [-0.2, 0) is 0 Å². The SMILES string of the molecule is C[C@@H]1C[C@H](C)C[NH+](CCCOc2ccccc2[N+](=O)[O-])C1. The summed E-state index contributed by atoms with van der Waals surface area (Å²) in [5.41, 5.74) is 0.0464. The Morgan fingerprint density at radius 1 is 1.29 bits per heavy atom. The predicted octanol–water partition coefficient (Wildman–Crippen LogP) is 1.92. The second kappa shape index (κ2) is 7.41. The zero-order valence-electron chi connectivity index (χ0n) is 12.9. The second-order valence-corrected chi connectivity index (χ2v) is 6.28. The molecule has 3 atom stereocenters. The summed E-state index contributed by atoms with van der Waals surface area (Å²) in [4.78, 5) is 12.1.